The zero-order chi connectivity index (χ0) is 20.9. The summed E-state index contributed by atoms with van der Waals surface area (Å²) in [7, 11) is 0. The fraction of sp³-hybridized carbons (Fsp3) is 0.577. The highest BCUT2D eigenvalue weighted by molar-refractivity contribution is 5.86. The third-order valence-electron chi connectivity index (χ3n) is 6.90. The monoisotopic (exact) mass is 408 g/mol. The van der Waals surface area contributed by atoms with Crippen LogP contribution >= 0.6 is 0 Å². The van der Waals surface area contributed by atoms with Crippen molar-refractivity contribution in [3.63, 3.8) is 0 Å². The summed E-state index contributed by atoms with van der Waals surface area (Å²) in [5.41, 5.74) is 2.59. The van der Waals surface area contributed by atoms with Gasteiger partial charge in [-0.2, -0.15) is 0 Å². The molecule has 2 aliphatic rings. The van der Waals surface area contributed by atoms with Crippen molar-refractivity contribution in [2.45, 2.75) is 65.0 Å². The molecule has 0 aromatic heterocycles. The molecule has 1 aliphatic heterocycles. The number of likely N-dealkylation sites (tertiary alicyclic amines) is 1. The third-order valence-corrected chi connectivity index (χ3v) is 6.90. The Kier molecular flexibility index (Phi) is 6.93. The van der Waals surface area contributed by atoms with E-state index in [1.807, 2.05) is 6.92 Å². The molecule has 0 unspecified atom stereocenters. The number of hydrogen-bond acceptors (Lipinski definition) is 4. The van der Waals surface area contributed by atoms with Crippen molar-refractivity contribution in [3.8, 4) is 0 Å². The molecule has 0 atom stereocenters. The molecular formula is C26H36N2O2. The average Bonchev–Trinajstić information content (AvgIpc) is 2.76. The van der Waals surface area contributed by atoms with E-state index in [9.17, 15) is 4.79 Å². The van der Waals surface area contributed by atoms with E-state index in [1.54, 1.807) is 0 Å². The molecule has 2 aromatic rings. The number of nitrogens with one attached hydrogen (secondary N) is 1. The van der Waals surface area contributed by atoms with Crippen LogP contribution in [0.4, 0.5) is 5.69 Å². The normalized spacial score (nSPS) is 23.4. The van der Waals surface area contributed by atoms with E-state index < -0.39 is 0 Å². The summed E-state index contributed by atoms with van der Waals surface area (Å²) in [4.78, 5) is 14.4. The van der Waals surface area contributed by atoms with Crippen molar-refractivity contribution in [3.05, 3.63) is 42.0 Å². The van der Waals surface area contributed by atoms with Crippen molar-refractivity contribution < 1.29 is 9.53 Å². The molecule has 1 saturated carbocycles. The molecule has 1 N–H and O–H groups in total. The van der Waals surface area contributed by atoms with E-state index in [0.29, 0.717) is 12.6 Å². The first-order valence-corrected chi connectivity index (χ1v) is 11.8. The molecule has 0 spiro atoms. The second-order valence-corrected chi connectivity index (χ2v) is 9.30. The zero-order valence-electron chi connectivity index (χ0n) is 18.5. The van der Waals surface area contributed by atoms with Gasteiger partial charge in [0.05, 0.1) is 12.5 Å². The lowest BCUT2D eigenvalue weighted by atomic mass is 9.87. The molecule has 0 amide bonds. The Morgan fingerprint density at radius 1 is 1.00 bits per heavy atom. The first-order valence-electron chi connectivity index (χ1n) is 11.8. The maximum absolute atomic E-state index is 11.9. The molecule has 1 saturated heterocycles. The van der Waals surface area contributed by atoms with Gasteiger partial charge in [-0.3, -0.25) is 9.69 Å². The number of fused-ring (bicyclic) bond motifs is 1. The summed E-state index contributed by atoms with van der Waals surface area (Å²) >= 11 is 0. The van der Waals surface area contributed by atoms with Gasteiger partial charge in [0.1, 0.15) is 0 Å². The van der Waals surface area contributed by atoms with Crippen molar-refractivity contribution in [2.75, 3.05) is 25.0 Å². The fourth-order valence-electron chi connectivity index (χ4n) is 4.97. The number of benzene rings is 2. The van der Waals surface area contributed by atoms with E-state index in [-0.39, 0.29) is 11.9 Å². The third kappa shape index (κ3) is 5.34. The van der Waals surface area contributed by atoms with Crippen LogP contribution in [0.25, 0.3) is 10.8 Å². The molecule has 162 valence electrons. The molecule has 4 heteroatoms. The molecular weight excluding hydrogens is 372 g/mol. The van der Waals surface area contributed by atoms with Gasteiger partial charge < -0.3 is 10.1 Å². The first kappa shape index (κ1) is 21.2. The lowest BCUT2D eigenvalue weighted by Crippen LogP contribution is -2.36. The number of hydrogen-bond donors (Lipinski definition) is 1. The van der Waals surface area contributed by atoms with Crippen LogP contribution in [0.15, 0.2) is 36.4 Å². The molecule has 4 rings (SSSR count). The summed E-state index contributed by atoms with van der Waals surface area (Å²) in [5, 5.41) is 6.35. The van der Waals surface area contributed by atoms with Gasteiger partial charge in [-0.15, -0.1) is 0 Å². The minimum Gasteiger partial charge on any atom is -0.466 e. The summed E-state index contributed by atoms with van der Waals surface area (Å²) in [6.07, 6.45) is 7.05. The van der Waals surface area contributed by atoms with E-state index >= 15 is 0 Å². The van der Waals surface area contributed by atoms with Gasteiger partial charge in [0.25, 0.3) is 0 Å². The van der Waals surface area contributed by atoms with E-state index in [0.717, 1.165) is 38.4 Å². The number of esters is 1. The second-order valence-electron chi connectivity index (χ2n) is 9.30. The number of piperidine rings is 1. The average molecular weight is 409 g/mol. The van der Waals surface area contributed by atoms with Crippen LogP contribution in [0.2, 0.25) is 0 Å². The van der Waals surface area contributed by atoms with Crippen LogP contribution in [0, 0.1) is 11.8 Å². The van der Waals surface area contributed by atoms with Crippen LogP contribution in [0.1, 0.15) is 57.9 Å². The van der Waals surface area contributed by atoms with Crippen LogP contribution in [-0.4, -0.2) is 36.6 Å². The number of anilines is 1. The Balaban J connectivity index is 1.33. The van der Waals surface area contributed by atoms with Crippen LogP contribution in [-0.2, 0) is 16.1 Å². The predicted molar refractivity (Wildman–Crippen MR) is 124 cm³/mol. The largest absolute Gasteiger partial charge is 0.466 e. The number of ether oxygens (including phenoxy) is 1. The van der Waals surface area contributed by atoms with E-state index in [1.165, 1.54) is 47.7 Å². The molecule has 2 aromatic carbocycles. The van der Waals surface area contributed by atoms with Gasteiger partial charge >= 0.3 is 5.97 Å². The molecule has 2 fully saturated rings. The molecule has 0 radical (unpaired) electrons. The Labute approximate surface area is 181 Å². The summed E-state index contributed by atoms with van der Waals surface area (Å²) in [6, 6.07) is 14.2. The van der Waals surface area contributed by atoms with Crippen molar-refractivity contribution in [1.29, 1.82) is 0 Å². The van der Waals surface area contributed by atoms with Gasteiger partial charge in [0.15, 0.2) is 0 Å². The molecule has 4 nitrogen and oxygen atoms in total. The molecule has 1 aliphatic carbocycles. The summed E-state index contributed by atoms with van der Waals surface area (Å²) < 4.78 is 5.18. The van der Waals surface area contributed by atoms with E-state index in [4.69, 9.17) is 4.74 Å². The minimum atomic E-state index is -0.0185. The van der Waals surface area contributed by atoms with Crippen LogP contribution < -0.4 is 5.32 Å². The number of rotatable bonds is 6. The highest BCUT2D eigenvalue weighted by atomic mass is 16.5. The maximum atomic E-state index is 11.9. The Bertz CT molecular complexity index is 849. The highest BCUT2D eigenvalue weighted by Crippen LogP contribution is 2.28. The highest BCUT2D eigenvalue weighted by Gasteiger charge is 2.26. The summed E-state index contributed by atoms with van der Waals surface area (Å²) in [6.45, 7) is 7.60. The van der Waals surface area contributed by atoms with Crippen LogP contribution in [0.3, 0.4) is 0 Å². The van der Waals surface area contributed by atoms with Gasteiger partial charge in [0, 0.05) is 18.3 Å². The number of carbonyl (C=O) groups is 1. The summed E-state index contributed by atoms with van der Waals surface area (Å²) in [5.74, 6) is 0.945. The first-order chi connectivity index (χ1) is 14.6. The van der Waals surface area contributed by atoms with E-state index in [2.05, 4.69) is 53.5 Å². The molecule has 1 heterocycles. The van der Waals surface area contributed by atoms with Crippen molar-refractivity contribution >= 4 is 22.4 Å². The standard InChI is InChI=1S/C26H36N2O2/c1-3-30-26(29)21-12-14-28(15-13-21)18-20-6-7-23-17-25(11-8-22(23)16-20)27-24-9-4-19(2)5-10-24/h6-8,11,16-17,19,21,24,27H,3-5,9-10,12-15,18H2,1-2H3. The van der Waals surface area contributed by atoms with Crippen molar-refractivity contribution in [2.24, 2.45) is 11.8 Å². The SMILES string of the molecule is CCOC(=O)C1CCN(Cc2ccc3cc(NC4CCC(C)CC4)ccc3c2)CC1. The topological polar surface area (TPSA) is 41.6 Å². The quantitative estimate of drug-likeness (QED) is 0.631. The minimum absolute atomic E-state index is 0.0185. The Hall–Kier alpha value is -2.07. The number of carbonyl (C=O) groups excluding carboxylic acids is 1. The van der Waals surface area contributed by atoms with Gasteiger partial charge in [-0.05, 0) is 99.0 Å². The second kappa shape index (κ2) is 9.82. The number of nitrogens with zero attached hydrogens (tertiary/aromatic N) is 1. The van der Waals surface area contributed by atoms with Crippen LogP contribution in [0.5, 0.6) is 0 Å². The zero-order valence-corrected chi connectivity index (χ0v) is 18.5. The predicted octanol–water partition coefficient (Wildman–Crippen LogP) is 5.61. The molecule has 0 bridgehead atoms. The Morgan fingerprint density at radius 2 is 1.70 bits per heavy atom. The lowest BCUT2D eigenvalue weighted by Gasteiger charge is -2.30. The van der Waals surface area contributed by atoms with Gasteiger partial charge in [0.2, 0.25) is 0 Å². The van der Waals surface area contributed by atoms with Crippen molar-refractivity contribution in [1.82, 2.24) is 4.90 Å². The Morgan fingerprint density at radius 3 is 2.43 bits per heavy atom. The van der Waals surface area contributed by atoms with Gasteiger partial charge in [-0.25, -0.2) is 0 Å². The maximum Gasteiger partial charge on any atom is 0.309 e. The van der Waals surface area contributed by atoms with Gasteiger partial charge in [-0.1, -0.05) is 25.1 Å². The lowest BCUT2D eigenvalue weighted by molar-refractivity contribution is -0.149. The smallest absolute Gasteiger partial charge is 0.309 e. The molecule has 30 heavy (non-hydrogen) atoms. The fourth-order valence-corrected chi connectivity index (χ4v) is 4.97.